The maximum atomic E-state index is 12.3. The van der Waals surface area contributed by atoms with Crippen molar-refractivity contribution in [3.05, 3.63) is 70.1 Å². The molecule has 2 heterocycles. The Kier molecular flexibility index (Phi) is 5.66. The number of hydrogen-bond acceptors (Lipinski definition) is 6. The van der Waals surface area contributed by atoms with E-state index in [0.29, 0.717) is 27.3 Å². The van der Waals surface area contributed by atoms with Gasteiger partial charge >= 0.3 is 5.97 Å². The van der Waals surface area contributed by atoms with Gasteiger partial charge in [-0.3, -0.25) is 4.79 Å². The Labute approximate surface area is 164 Å². The first-order valence-electron chi connectivity index (χ1n) is 8.01. The summed E-state index contributed by atoms with van der Waals surface area (Å²) in [4.78, 5) is 28.8. The van der Waals surface area contributed by atoms with Gasteiger partial charge in [0.25, 0.3) is 0 Å². The van der Waals surface area contributed by atoms with E-state index in [-0.39, 0.29) is 18.0 Å². The predicted octanol–water partition coefficient (Wildman–Crippen LogP) is 3.39. The summed E-state index contributed by atoms with van der Waals surface area (Å²) in [7, 11) is 1.54. The summed E-state index contributed by atoms with van der Waals surface area (Å²) in [6.07, 6.45) is 3.04. The molecule has 0 bridgehead atoms. The van der Waals surface area contributed by atoms with Gasteiger partial charge in [0.1, 0.15) is 11.3 Å². The highest BCUT2D eigenvalue weighted by molar-refractivity contribution is 9.10. The molecule has 0 fully saturated rings. The van der Waals surface area contributed by atoms with Gasteiger partial charge in [-0.05, 0) is 53.2 Å². The van der Waals surface area contributed by atoms with Crippen LogP contribution >= 0.6 is 15.9 Å². The number of pyridine rings is 1. The fraction of sp³-hybridized carbons (Fsp3) is 0.158. The summed E-state index contributed by atoms with van der Waals surface area (Å²) in [5.41, 5.74) is 1.28. The van der Waals surface area contributed by atoms with Crippen LogP contribution in [-0.2, 0) is 4.74 Å². The number of benzene rings is 1. The summed E-state index contributed by atoms with van der Waals surface area (Å²) in [6.45, 7) is 1.37. The molecule has 0 aliphatic rings. The van der Waals surface area contributed by atoms with Crippen LogP contribution < -0.4 is 4.74 Å². The van der Waals surface area contributed by atoms with Gasteiger partial charge in [-0.2, -0.15) is 5.10 Å². The van der Waals surface area contributed by atoms with Crippen LogP contribution in [0, 0.1) is 6.92 Å². The molecule has 7 nitrogen and oxygen atoms in total. The van der Waals surface area contributed by atoms with Crippen molar-refractivity contribution in [2.45, 2.75) is 6.92 Å². The molecular formula is C19H16BrN3O4. The number of methoxy groups -OCH3 is 1. The Morgan fingerprint density at radius 3 is 2.70 bits per heavy atom. The number of aromatic nitrogens is 3. The molecule has 0 unspecified atom stereocenters. The molecule has 0 aliphatic carbocycles. The number of ketones is 1. The van der Waals surface area contributed by atoms with Crippen LogP contribution in [0.2, 0.25) is 0 Å². The Hall–Kier alpha value is -3.00. The van der Waals surface area contributed by atoms with Gasteiger partial charge in [-0.1, -0.05) is 6.07 Å². The molecule has 1 aromatic carbocycles. The van der Waals surface area contributed by atoms with E-state index in [1.54, 1.807) is 48.1 Å². The topological polar surface area (TPSA) is 83.3 Å². The Morgan fingerprint density at radius 2 is 2.04 bits per heavy atom. The largest absolute Gasteiger partial charge is 0.496 e. The lowest BCUT2D eigenvalue weighted by molar-refractivity contribution is 0.0474. The molecule has 138 valence electrons. The quantitative estimate of drug-likeness (QED) is 0.441. The number of carbonyl (C=O) groups excluding carboxylic acids is 2. The van der Waals surface area contributed by atoms with Gasteiger partial charge in [0, 0.05) is 11.8 Å². The highest BCUT2D eigenvalue weighted by Crippen LogP contribution is 2.25. The molecule has 0 amide bonds. The molecule has 3 rings (SSSR count). The number of nitrogens with zero attached hydrogens (tertiary/aromatic N) is 3. The summed E-state index contributed by atoms with van der Waals surface area (Å²) < 4.78 is 12.5. The molecule has 8 heteroatoms. The number of Topliss-reactive ketones (excluding diaryl/α,β-unsaturated/α-hetero) is 1. The molecule has 0 aliphatic heterocycles. The third-order valence-corrected chi connectivity index (χ3v) is 4.52. The van der Waals surface area contributed by atoms with Crippen molar-refractivity contribution in [1.82, 2.24) is 14.8 Å². The van der Waals surface area contributed by atoms with Crippen LogP contribution in [0.4, 0.5) is 0 Å². The molecule has 3 aromatic rings. The molecular weight excluding hydrogens is 414 g/mol. The standard InChI is InChI=1S/C19H16BrN3O4/c1-12-14(10-22-23(12)18-5-3-4-8-21-18)19(25)27-11-16(24)13-6-7-17(26-2)15(20)9-13/h3-10H,11H2,1-2H3. The molecule has 0 saturated heterocycles. The second-order valence-corrected chi connectivity index (χ2v) is 6.45. The van der Waals surface area contributed by atoms with Gasteiger partial charge in [0.15, 0.2) is 18.2 Å². The van der Waals surface area contributed by atoms with Crippen LogP contribution in [0.1, 0.15) is 26.4 Å². The van der Waals surface area contributed by atoms with Gasteiger partial charge in [0.05, 0.1) is 23.5 Å². The zero-order valence-electron chi connectivity index (χ0n) is 14.7. The third-order valence-electron chi connectivity index (χ3n) is 3.90. The van der Waals surface area contributed by atoms with Crippen molar-refractivity contribution in [3.63, 3.8) is 0 Å². The van der Waals surface area contributed by atoms with E-state index >= 15 is 0 Å². The number of rotatable bonds is 6. The summed E-state index contributed by atoms with van der Waals surface area (Å²) >= 11 is 3.32. The lowest BCUT2D eigenvalue weighted by Gasteiger charge is -2.07. The average molecular weight is 430 g/mol. The van der Waals surface area contributed by atoms with Crippen molar-refractivity contribution in [2.24, 2.45) is 0 Å². The minimum absolute atomic E-state index is 0.282. The maximum Gasteiger partial charge on any atom is 0.342 e. The zero-order chi connectivity index (χ0) is 19.4. The predicted molar refractivity (Wildman–Crippen MR) is 101 cm³/mol. The normalized spacial score (nSPS) is 10.5. The maximum absolute atomic E-state index is 12.3. The minimum atomic E-state index is -0.615. The van der Waals surface area contributed by atoms with Crippen molar-refractivity contribution in [1.29, 1.82) is 0 Å². The molecule has 0 saturated carbocycles. The van der Waals surface area contributed by atoms with Crippen molar-refractivity contribution >= 4 is 27.7 Å². The van der Waals surface area contributed by atoms with E-state index in [2.05, 4.69) is 26.0 Å². The van der Waals surface area contributed by atoms with E-state index in [1.165, 1.54) is 13.3 Å². The molecule has 2 aromatic heterocycles. The van der Waals surface area contributed by atoms with Crippen LogP contribution in [0.25, 0.3) is 5.82 Å². The lowest BCUT2D eigenvalue weighted by atomic mass is 10.1. The van der Waals surface area contributed by atoms with E-state index in [9.17, 15) is 9.59 Å². The summed E-state index contributed by atoms with van der Waals surface area (Å²) in [5.74, 6) is 0.270. The van der Waals surface area contributed by atoms with E-state index < -0.39 is 5.97 Å². The second-order valence-electron chi connectivity index (χ2n) is 5.59. The van der Waals surface area contributed by atoms with Crippen molar-refractivity contribution < 1.29 is 19.1 Å². The smallest absolute Gasteiger partial charge is 0.342 e. The lowest BCUT2D eigenvalue weighted by Crippen LogP contribution is -2.15. The van der Waals surface area contributed by atoms with E-state index in [0.717, 1.165) is 0 Å². The number of esters is 1. The third kappa shape index (κ3) is 4.06. The first kappa shape index (κ1) is 18.8. The fourth-order valence-corrected chi connectivity index (χ4v) is 2.99. The molecule has 27 heavy (non-hydrogen) atoms. The van der Waals surface area contributed by atoms with Crippen molar-refractivity contribution in [3.8, 4) is 11.6 Å². The van der Waals surface area contributed by atoms with Gasteiger partial charge < -0.3 is 9.47 Å². The van der Waals surface area contributed by atoms with Crippen LogP contribution in [0.15, 0.2) is 53.3 Å². The van der Waals surface area contributed by atoms with E-state index in [1.807, 2.05) is 6.07 Å². The molecule has 0 atom stereocenters. The van der Waals surface area contributed by atoms with Gasteiger partial charge in [-0.15, -0.1) is 0 Å². The van der Waals surface area contributed by atoms with Crippen molar-refractivity contribution in [2.75, 3.05) is 13.7 Å². The first-order chi connectivity index (χ1) is 13.0. The van der Waals surface area contributed by atoms with Crippen LogP contribution in [-0.4, -0.2) is 40.2 Å². The fourth-order valence-electron chi connectivity index (χ4n) is 2.45. The number of ether oxygens (including phenoxy) is 2. The molecule has 0 radical (unpaired) electrons. The number of carbonyl (C=O) groups is 2. The zero-order valence-corrected chi connectivity index (χ0v) is 16.3. The SMILES string of the molecule is COc1ccc(C(=O)COC(=O)c2cnn(-c3ccccn3)c2C)cc1Br. The Balaban J connectivity index is 1.69. The molecule has 0 N–H and O–H groups in total. The Morgan fingerprint density at radius 1 is 1.22 bits per heavy atom. The van der Waals surface area contributed by atoms with E-state index in [4.69, 9.17) is 9.47 Å². The highest BCUT2D eigenvalue weighted by Gasteiger charge is 2.19. The summed E-state index contributed by atoms with van der Waals surface area (Å²) in [5, 5.41) is 4.17. The number of halogens is 1. The average Bonchev–Trinajstić information content (AvgIpc) is 3.08. The van der Waals surface area contributed by atoms with Crippen LogP contribution in [0.5, 0.6) is 5.75 Å². The van der Waals surface area contributed by atoms with Crippen LogP contribution in [0.3, 0.4) is 0 Å². The van der Waals surface area contributed by atoms with Gasteiger partial charge in [-0.25, -0.2) is 14.5 Å². The number of hydrogen-bond donors (Lipinski definition) is 0. The first-order valence-corrected chi connectivity index (χ1v) is 8.80. The summed E-state index contributed by atoms with van der Waals surface area (Å²) in [6, 6.07) is 10.3. The monoisotopic (exact) mass is 429 g/mol. The highest BCUT2D eigenvalue weighted by atomic mass is 79.9. The second kappa shape index (κ2) is 8.13. The Bertz CT molecular complexity index is 986. The molecule has 0 spiro atoms. The van der Waals surface area contributed by atoms with Gasteiger partial charge in [0.2, 0.25) is 0 Å². The minimum Gasteiger partial charge on any atom is -0.496 e.